The third-order valence-corrected chi connectivity index (χ3v) is 5.32. The highest BCUT2D eigenvalue weighted by molar-refractivity contribution is 5.68. The fourth-order valence-electron chi connectivity index (χ4n) is 3.77. The highest BCUT2D eigenvalue weighted by Gasteiger charge is 2.48. The van der Waals surface area contributed by atoms with E-state index in [1.165, 1.54) is 4.90 Å². The Labute approximate surface area is 184 Å². The van der Waals surface area contributed by atoms with Gasteiger partial charge in [0.15, 0.2) is 0 Å². The van der Waals surface area contributed by atoms with Gasteiger partial charge < -0.3 is 24.2 Å². The van der Waals surface area contributed by atoms with Crippen LogP contribution in [0.25, 0.3) is 0 Å². The van der Waals surface area contributed by atoms with E-state index < -0.39 is 29.9 Å². The molecule has 1 N–H and O–H groups in total. The third kappa shape index (κ3) is 6.53. The Morgan fingerprint density at radius 1 is 0.935 bits per heavy atom. The van der Waals surface area contributed by atoms with Crippen LogP contribution in [0, 0.1) is 0 Å². The van der Waals surface area contributed by atoms with Gasteiger partial charge in [0, 0.05) is 13.5 Å². The second-order valence-corrected chi connectivity index (χ2v) is 8.98. The summed E-state index contributed by atoms with van der Waals surface area (Å²) in [4.78, 5) is 14.1. The van der Waals surface area contributed by atoms with Crippen LogP contribution < -0.4 is 0 Å². The minimum atomic E-state index is -0.887. The average Bonchev–Trinajstić information content (AvgIpc) is 3.05. The number of aliphatic hydroxyl groups is 1. The molecule has 0 heterocycles. The Kier molecular flexibility index (Phi) is 7.70. The summed E-state index contributed by atoms with van der Waals surface area (Å²) in [5.41, 5.74) is 1.43. The van der Waals surface area contributed by atoms with Crippen LogP contribution in [0.5, 0.6) is 0 Å². The van der Waals surface area contributed by atoms with Gasteiger partial charge in [-0.2, -0.15) is 0 Å². The number of ether oxygens (including phenoxy) is 3. The average molecular weight is 428 g/mol. The predicted molar refractivity (Wildman–Crippen MR) is 118 cm³/mol. The Morgan fingerprint density at radius 2 is 1.42 bits per heavy atom. The minimum Gasteiger partial charge on any atom is -0.444 e. The zero-order valence-electron chi connectivity index (χ0n) is 18.7. The Balaban J connectivity index is 1.71. The van der Waals surface area contributed by atoms with Gasteiger partial charge in [-0.05, 0) is 31.9 Å². The molecule has 1 fully saturated rings. The van der Waals surface area contributed by atoms with Gasteiger partial charge >= 0.3 is 6.09 Å². The second kappa shape index (κ2) is 10.3. The normalized spacial score (nSPS) is 23.5. The first-order valence-electron chi connectivity index (χ1n) is 10.7. The van der Waals surface area contributed by atoms with Crippen LogP contribution in [0.3, 0.4) is 0 Å². The van der Waals surface area contributed by atoms with Crippen molar-refractivity contribution in [3.63, 3.8) is 0 Å². The van der Waals surface area contributed by atoms with E-state index in [0.717, 1.165) is 11.1 Å². The molecule has 3 rings (SSSR count). The van der Waals surface area contributed by atoms with Gasteiger partial charge in [-0.3, -0.25) is 0 Å². The molecule has 0 aromatic heterocycles. The predicted octanol–water partition coefficient (Wildman–Crippen LogP) is 4.16. The van der Waals surface area contributed by atoms with Crippen LogP contribution in [0.2, 0.25) is 0 Å². The molecule has 6 nitrogen and oxygen atoms in total. The molecule has 0 saturated heterocycles. The number of carbonyl (C=O) groups excluding carboxylic acids is 1. The molecule has 1 amide bonds. The summed E-state index contributed by atoms with van der Waals surface area (Å²) in [6.45, 7) is 6.23. The molecule has 1 saturated carbocycles. The van der Waals surface area contributed by atoms with E-state index in [0.29, 0.717) is 19.6 Å². The van der Waals surface area contributed by atoms with Crippen LogP contribution >= 0.6 is 0 Å². The van der Waals surface area contributed by atoms with Crippen molar-refractivity contribution < 1.29 is 24.1 Å². The van der Waals surface area contributed by atoms with Gasteiger partial charge in [0.25, 0.3) is 0 Å². The van der Waals surface area contributed by atoms with E-state index in [1.807, 2.05) is 81.4 Å². The maximum atomic E-state index is 12.7. The fourth-order valence-corrected chi connectivity index (χ4v) is 3.77. The summed E-state index contributed by atoms with van der Waals surface area (Å²) in [5.74, 6) is 0. The number of aliphatic hydroxyl groups excluding tert-OH is 1. The molecular formula is C25H33NO5. The van der Waals surface area contributed by atoms with E-state index in [1.54, 1.807) is 7.05 Å². The van der Waals surface area contributed by atoms with Gasteiger partial charge in [0.2, 0.25) is 0 Å². The van der Waals surface area contributed by atoms with E-state index in [2.05, 4.69) is 0 Å². The molecule has 2 aromatic rings. The first-order chi connectivity index (χ1) is 14.7. The van der Waals surface area contributed by atoms with Crippen LogP contribution in [0.15, 0.2) is 60.7 Å². The molecule has 0 spiro atoms. The first-order valence-corrected chi connectivity index (χ1v) is 10.7. The highest BCUT2D eigenvalue weighted by Crippen LogP contribution is 2.31. The maximum Gasteiger partial charge on any atom is 0.410 e. The summed E-state index contributed by atoms with van der Waals surface area (Å²) in [5, 5.41) is 11.1. The zero-order valence-corrected chi connectivity index (χ0v) is 18.7. The summed E-state index contributed by atoms with van der Waals surface area (Å²) in [6.07, 6.45) is -1.72. The van der Waals surface area contributed by atoms with E-state index in [-0.39, 0.29) is 6.10 Å². The number of nitrogens with zero attached hydrogens (tertiary/aromatic N) is 1. The maximum absolute atomic E-state index is 12.7. The topological polar surface area (TPSA) is 68.2 Å². The van der Waals surface area contributed by atoms with Gasteiger partial charge in [-0.25, -0.2) is 4.79 Å². The Bertz CT molecular complexity index is 821. The SMILES string of the molecule is CN(C(=O)OC(C)(C)C)[C@H]1[C@H](O)[C@H](OCc2ccccc2)C[C@@H]1OCc1ccccc1. The third-order valence-electron chi connectivity index (χ3n) is 5.32. The Hall–Kier alpha value is -2.41. The Morgan fingerprint density at radius 3 is 1.90 bits per heavy atom. The van der Waals surface area contributed by atoms with E-state index in [4.69, 9.17) is 14.2 Å². The molecule has 4 atom stereocenters. The van der Waals surface area contributed by atoms with Crippen molar-refractivity contribution in [1.29, 1.82) is 0 Å². The van der Waals surface area contributed by atoms with Crippen molar-refractivity contribution in [2.75, 3.05) is 7.05 Å². The summed E-state index contributed by atoms with van der Waals surface area (Å²) in [7, 11) is 1.64. The lowest BCUT2D eigenvalue weighted by Crippen LogP contribution is -2.50. The van der Waals surface area contributed by atoms with Crippen LogP contribution in [0.1, 0.15) is 38.3 Å². The standard InChI is InChI=1S/C25H33NO5/c1-25(2,3)31-24(28)26(4)22-20(29-16-18-11-7-5-8-12-18)15-21(23(22)27)30-17-19-13-9-6-10-14-19/h5-14,20-23,27H,15-17H2,1-4H3/t20-,21+,22+,23+/m0/s1. The smallest absolute Gasteiger partial charge is 0.410 e. The molecule has 6 heteroatoms. The van der Waals surface area contributed by atoms with Gasteiger partial charge in [-0.1, -0.05) is 60.7 Å². The largest absolute Gasteiger partial charge is 0.444 e. The van der Waals surface area contributed by atoms with Crippen molar-refractivity contribution in [1.82, 2.24) is 4.90 Å². The first kappa shape index (κ1) is 23.3. The molecule has 1 aliphatic rings. The number of benzene rings is 2. The molecule has 0 unspecified atom stereocenters. The number of hydrogen-bond donors (Lipinski definition) is 1. The molecule has 31 heavy (non-hydrogen) atoms. The molecule has 1 aliphatic carbocycles. The van der Waals surface area contributed by atoms with Crippen molar-refractivity contribution in [3.05, 3.63) is 71.8 Å². The van der Waals surface area contributed by atoms with Crippen LogP contribution in [0.4, 0.5) is 4.79 Å². The summed E-state index contributed by atoms with van der Waals surface area (Å²) in [6, 6.07) is 19.1. The molecule has 2 aromatic carbocycles. The lowest BCUT2D eigenvalue weighted by atomic mass is 10.1. The quantitative estimate of drug-likeness (QED) is 0.719. The van der Waals surface area contributed by atoms with Crippen LogP contribution in [-0.2, 0) is 27.4 Å². The van der Waals surface area contributed by atoms with Gasteiger partial charge in [0.1, 0.15) is 11.7 Å². The van der Waals surface area contributed by atoms with Crippen LogP contribution in [-0.4, -0.2) is 53.1 Å². The lowest BCUT2D eigenvalue weighted by molar-refractivity contribution is -0.0578. The van der Waals surface area contributed by atoms with Gasteiger partial charge in [0.05, 0.1) is 31.5 Å². The van der Waals surface area contributed by atoms with Crippen molar-refractivity contribution >= 4 is 6.09 Å². The van der Waals surface area contributed by atoms with E-state index in [9.17, 15) is 9.90 Å². The highest BCUT2D eigenvalue weighted by atomic mass is 16.6. The molecule has 0 radical (unpaired) electrons. The van der Waals surface area contributed by atoms with Crippen molar-refractivity contribution in [2.45, 2.75) is 70.4 Å². The summed E-state index contributed by atoms with van der Waals surface area (Å²) < 4.78 is 17.7. The number of rotatable bonds is 7. The molecule has 0 bridgehead atoms. The fraction of sp³-hybridized carbons (Fsp3) is 0.480. The molecule has 0 aliphatic heterocycles. The van der Waals surface area contributed by atoms with Crippen molar-refractivity contribution in [2.24, 2.45) is 0 Å². The minimum absolute atomic E-state index is 0.381. The van der Waals surface area contributed by atoms with E-state index >= 15 is 0 Å². The van der Waals surface area contributed by atoms with Gasteiger partial charge in [-0.15, -0.1) is 0 Å². The zero-order chi connectivity index (χ0) is 22.4. The lowest BCUT2D eigenvalue weighted by Gasteiger charge is -2.33. The second-order valence-electron chi connectivity index (χ2n) is 8.98. The summed E-state index contributed by atoms with van der Waals surface area (Å²) >= 11 is 0. The van der Waals surface area contributed by atoms with Crippen molar-refractivity contribution in [3.8, 4) is 0 Å². The number of carbonyl (C=O) groups is 1. The monoisotopic (exact) mass is 427 g/mol. The molecular weight excluding hydrogens is 394 g/mol. The number of likely N-dealkylation sites (N-methyl/N-ethyl adjacent to an activating group) is 1. The molecule has 168 valence electrons. The number of amides is 1. The number of hydrogen-bond acceptors (Lipinski definition) is 5.